The number of hydrogen-bond acceptors (Lipinski definition) is 4. The van der Waals surface area contributed by atoms with Gasteiger partial charge < -0.3 is 20.1 Å². The number of methoxy groups -OCH3 is 2. The largest absolute Gasteiger partial charge is 0.496 e. The summed E-state index contributed by atoms with van der Waals surface area (Å²) in [7, 11) is 4.59. The second-order valence-electron chi connectivity index (χ2n) is 5.29. The summed E-state index contributed by atoms with van der Waals surface area (Å²) in [5, 5.41) is 6.47. The van der Waals surface area contributed by atoms with Gasteiger partial charge in [0.15, 0.2) is 5.96 Å². The van der Waals surface area contributed by atoms with E-state index >= 15 is 0 Å². The number of carbonyl (C=O) groups is 1. The molecule has 132 valence electrons. The zero-order chi connectivity index (χ0) is 18.1. The van der Waals surface area contributed by atoms with Gasteiger partial charge in [0.25, 0.3) is 0 Å². The molecule has 0 aliphatic heterocycles. The Morgan fingerprint density at radius 1 is 1.00 bits per heavy atom. The molecule has 6 nitrogen and oxygen atoms in total. The molecule has 2 N–H and O–H groups in total. The smallest absolute Gasteiger partial charge is 0.341 e. The van der Waals surface area contributed by atoms with Crippen molar-refractivity contribution in [3.63, 3.8) is 0 Å². The van der Waals surface area contributed by atoms with E-state index in [-0.39, 0.29) is 0 Å². The van der Waals surface area contributed by atoms with Crippen LogP contribution in [-0.4, -0.2) is 33.2 Å². The van der Waals surface area contributed by atoms with Crippen molar-refractivity contribution in [3.05, 3.63) is 65.2 Å². The van der Waals surface area contributed by atoms with E-state index in [2.05, 4.69) is 15.6 Å². The fourth-order valence-electron chi connectivity index (χ4n) is 2.32. The van der Waals surface area contributed by atoms with Crippen molar-refractivity contribution in [2.75, 3.05) is 21.3 Å². The molecule has 0 atom stereocenters. The molecule has 0 bridgehead atoms. The lowest BCUT2D eigenvalue weighted by atomic mass is 10.1. The standard InChI is InChI=1S/C19H23N3O3/c1-20-19(21-12-14-7-5-4-6-8-14)22-13-15-9-10-17(24-2)16(11-15)18(23)25-3/h4-11H,12-13H2,1-3H3,(H2,20,21,22). The zero-order valence-electron chi connectivity index (χ0n) is 14.7. The van der Waals surface area contributed by atoms with E-state index in [9.17, 15) is 4.79 Å². The average molecular weight is 341 g/mol. The van der Waals surface area contributed by atoms with Gasteiger partial charge in [-0.1, -0.05) is 36.4 Å². The van der Waals surface area contributed by atoms with E-state index in [1.54, 1.807) is 19.2 Å². The highest BCUT2D eigenvalue weighted by atomic mass is 16.5. The molecule has 0 aliphatic rings. The average Bonchev–Trinajstić information content (AvgIpc) is 2.68. The molecule has 2 aromatic rings. The Morgan fingerprint density at radius 2 is 1.68 bits per heavy atom. The minimum atomic E-state index is -0.426. The first-order valence-electron chi connectivity index (χ1n) is 7.91. The summed E-state index contributed by atoms with van der Waals surface area (Å²) >= 11 is 0. The van der Waals surface area contributed by atoms with Crippen molar-refractivity contribution < 1.29 is 14.3 Å². The molecule has 0 amide bonds. The van der Waals surface area contributed by atoms with Gasteiger partial charge in [0, 0.05) is 20.1 Å². The van der Waals surface area contributed by atoms with E-state index < -0.39 is 5.97 Å². The van der Waals surface area contributed by atoms with Gasteiger partial charge in [-0.3, -0.25) is 4.99 Å². The van der Waals surface area contributed by atoms with Crippen LogP contribution in [0.1, 0.15) is 21.5 Å². The number of rotatable bonds is 6. The molecule has 0 unspecified atom stereocenters. The first-order chi connectivity index (χ1) is 12.2. The number of benzene rings is 2. The summed E-state index contributed by atoms with van der Waals surface area (Å²) in [4.78, 5) is 16.0. The highest BCUT2D eigenvalue weighted by Gasteiger charge is 2.13. The lowest BCUT2D eigenvalue weighted by molar-refractivity contribution is 0.0597. The summed E-state index contributed by atoms with van der Waals surface area (Å²) in [6.45, 7) is 1.19. The fourth-order valence-corrected chi connectivity index (χ4v) is 2.32. The number of esters is 1. The van der Waals surface area contributed by atoms with Crippen molar-refractivity contribution in [3.8, 4) is 5.75 Å². The molecule has 0 saturated carbocycles. The molecule has 2 rings (SSSR count). The maximum atomic E-state index is 11.8. The number of hydrogen-bond donors (Lipinski definition) is 2. The summed E-state index contributed by atoms with van der Waals surface area (Å²) in [5.74, 6) is 0.742. The predicted octanol–water partition coefficient (Wildman–Crippen LogP) is 2.35. The summed E-state index contributed by atoms with van der Waals surface area (Å²) in [5.41, 5.74) is 2.49. The zero-order valence-corrected chi connectivity index (χ0v) is 14.7. The second kappa shape index (κ2) is 9.32. The second-order valence-corrected chi connectivity index (χ2v) is 5.29. The topological polar surface area (TPSA) is 72.0 Å². The fraction of sp³-hybridized carbons (Fsp3) is 0.263. The van der Waals surface area contributed by atoms with Crippen LogP contribution in [0.4, 0.5) is 0 Å². The van der Waals surface area contributed by atoms with Crippen LogP contribution in [0.15, 0.2) is 53.5 Å². The Hall–Kier alpha value is -3.02. The van der Waals surface area contributed by atoms with Gasteiger partial charge in [0.05, 0.1) is 14.2 Å². The quantitative estimate of drug-likeness (QED) is 0.479. The van der Waals surface area contributed by atoms with E-state index in [0.717, 1.165) is 5.56 Å². The maximum absolute atomic E-state index is 11.8. The first-order valence-corrected chi connectivity index (χ1v) is 7.91. The van der Waals surface area contributed by atoms with Gasteiger partial charge >= 0.3 is 5.97 Å². The van der Waals surface area contributed by atoms with Crippen LogP contribution >= 0.6 is 0 Å². The van der Waals surface area contributed by atoms with Crippen LogP contribution in [-0.2, 0) is 17.8 Å². The third-order valence-electron chi connectivity index (χ3n) is 3.66. The Balaban J connectivity index is 1.98. The van der Waals surface area contributed by atoms with Crippen LogP contribution < -0.4 is 15.4 Å². The predicted molar refractivity (Wildman–Crippen MR) is 97.8 cm³/mol. The molecule has 25 heavy (non-hydrogen) atoms. The molecule has 0 aromatic heterocycles. The highest BCUT2D eigenvalue weighted by molar-refractivity contribution is 5.92. The molecule has 0 heterocycles. The Kier molecular flexibility index (Phi) is 6.83. The van der Waals surface area contributed by atoms with Gasteiger partial charge in [-0.05, 0) is 23.3 Å². The molecule has 0 fully saturated rings. The third kappa shape index (κ3) is 5.24. The van der Waals surface area contributed by atoms with Crippen molar-refractivity contribution in [1.82, 2.24) is 10.6 Å². The van der Waals surface area contributed by atoms with Crippen molar-refractivity contribution >= 4 is 11.9 Å². The van der Waals surface area contributed by atoms with Gasteiger partial charge in [-0.25, -0.2) is 4.79 Å². The number of carbonyl (C=O) groups excluding carboxylic acids is 1. The third-order valence-corrected chi connectivity index (χ3v) is 3.66. The molecule has 6 heteroatoms. The lowest BCUT2D eigenvalue weighted by Crippen LogP contribution is -2.36. The number of nitrogens with one attached hydrogen (secondary N) is 2. The normalized spacial score (nSPS) is 10.9. The first kappa shape index (κ1) is 18.3. The van der Waals surface area contributed by atoms with E-state index in [1.807, 2.05) is 36.4 Å². The number of aliphatic imine (C=N–C) groups is 1. The van der Waals surface area contributed by atoms with Crippen LogP contribution in [0.5, 0.6) is 5.75 Å². The molecule has 0 aliphatic carbocycles. The molecular formula is C19H23N3O3. The van der Waals surface area contributed by atoms with Crippen molar-refractivity contribution in [1.29, 1.82) is 0 Å². The number of nitrogens with zero attached hydrogens (tertiary/aromatic N) is 1. The van der Waals surface area contributed by atoms with Crippen LogP contribution in [0.25, 0.3) is 0 Å². The molecule has 2 aromatic carbocycles. The van der Waals surface area contributed by atoms with Crippen LogP contribution in [0.2, 0.25) is 0 Å². The Morgan fingerprint density at radius 3 is 2.28 bits per heavy atom. The van der Waals surface area contributed by atoms with Gasteiger partial charge in [0.1, 0.15) is 11.3 Å². The summed E-state index contributed by atoms with van der Waals surface area (Å²) in [6.07, 6.45) is 0. The van der Waals surface area contributed by atoms with E-state index in [1.165, 1.54) is 19.8 Å². The van der Waals surface area contributed by atoms with E-state index in [4.69, 9.17) is 9.47 Å². The van der Waals surface area contributed by atoms with Crippen LogP contribution in [0, 0.1) is 0 Å². The maximum Gasteiger partial charge on any atom is 0.341 e. The van der Waals surface area contributed by atoms with Crippen molar-refractivity contribution in [2.24, 2.45) is 4.99 Å². The molecule has 0 saturated heterocycles. The minimum Gasteiger partial charge on any atom is -0.496 e. The van der Waals surface area contributed by atoms with Gasteiger partial charge in [-0.15, -0.1) is 0 Å². The van der Waals surface area contributed by atoms with Crippen LogP contribution in [0.3, 0.4) is 0 Å². The number of guanidine groups is 1. The lowest BCUT2D eigenvalue weighted by Gasteiger charge is -2.13. The van der Waals surface area contributed by atoms with Gasteiger partial charge in [-0.2, -0.15) is 0 Å². The molecule has 0 radical (unpaired) electrons. The SMILES string of the molecule is CN=C(NCc1ccccc1)NCc1ccc(OC)c(C(=O)OC)c1. The summed E-state index contributed by atoms with van der Waals surface area (Å²) in [6, 6.07) is 15.5. The Labute approximate surface area is 147 Å². The molecule has 0 spiro atoms. The van der Waals surface area contributed by atoms with E-state index in [0.29, 0.717) is 30.4 Å². The van der Waals surface area contributed by atoms with Gasteiger partial charge in [0.2, 0.25) is 0 Å². The highest BCUT2D eigenvalue weighted by Crippen LogP contribution is 2.20. The Bertz CT molecular complexity index is 730. The molecular weight excluding hydrogens is 318 g/mol. The number of ether oxygens (including phenoxy) is 2. The van der Waals surface area contributed by atoms with Crippen molar-refractivity contribution in [2.45, 2.75) is 13.1 Å². The minimum absolute atomic E-state index is 0.400. The summed E-state index contributed by atoms with van der Waals surface area (Å²) < 4.78 is 9.99. The monoisotopic (exact) mass is 341 g/mol.